The van der Waals surface area contributed by atoms with E-state index in [1.807, 2.05) is 11.4 Å². The number of thiazole rings is 1. The number of thiophene rings is 1. The quantitative estimate of drug-likeness (QED) is 0.625. The highest BCUT2D eigenvalue weighted by Crippen LogP contribution is 2.33. The molecule has 0 radical (unpaired) electrons. The normalized spacial score (nSPS) is 11.7. The van der Waals surface area contributed by atoms with Crippen LogP contribution in [0.2, 0.25) is 4.34 Å². The van der Waals surface area contributed by atoms with Crippen LogP contribution in [-0.4, -0.2) is 24.6 Å². The van der Waals surface area contributed by atoms with Crippen LogP contribution in [0.4, 0.5) is 5.13 Å². The van der Waals surface area contributed by atoms with Crippen LogP contribution >= 0.6 is 34.3 Å². The fourth-order valence-electron chi connectivity index (χ4n) is 2.13. The molecule has 2 aromatic heterocycles. The molecule has 3 rings (SSSR count). The summed E-state index contributed by atoms with van der Waals surface area (Å²) in [6.45, 7) is 3.24. The summed E-state index contributed by atoms with van der Waals surface area (Å²) in [5.41, 5.74) is 1.11. The third-order valence-electron chi connectivity index (χ3n) is 3.62. The number of aromatic nitrogens is 1. The third kappa shape index (κ3) is 3.98. The fraction of sp³-hybridized carbons (Fsp3) is 0.176. The van der Waals surface area contributed by atoms with Gasteiger partial charge in [0.2, 0.25) is 0 Å². The van der Waals surface area contributed by atoms with Crippen LogP contribution in [0.5, 0.6) is 0 Å². The smallest absolute Gasteiger partial charge is 0.257 e. The van der Waals surface area contributed by atoms with Crippen LogP contribution in [0.1, 0.15) is 24.2 Å². The second-order valence-corrected chi connectivity index (χ2v) is 10.8. The lowest BCUT2D eigenvalue weighted by Crippen LogP contribution is -2.15. The van der Waals surface area contributed by atoms with E-state index in [-0.39, 0.29) is 10.8 Å². The van der Waals surface area contributed by atoms with Crippen molar-refractivity contribution in [3.8, 4) is 10.6 Å². The molecule has 0 aliphatic heterocycles. The molecule has 0 spiro atoms. The Morgan fingerprint density at radius 2 is 1.85 bits per heavy atom. The summed E-state index contributed by atoms with van der Waals surface area (Å²) >= 11 is 8.66. The number of carbonyl (C=O) groups is 1. The monoisotopic (exact) mass is 426 g/mol. The van der Waals surface area contributed by atoms with Gasteiger partial charge in [-0.05, 0) is 50.2 Å². The van der Waals surface area contributed by atoms with E-state index in [2.05, 4.69) is 10.3 Å². The molecule has 0 bridgehead atoms. The van der Waals surface area contributed by atoms with Crippen molar-refractivity contribution in [2.45, 2.75) is 24.0 Å². The molecule has 0 fully saturated rings. The number of hydrogen-bond acceptors (Lipinski definition) is 6. The first-order valence-corrected chi connectivity index (χ1v) is 11.3. The van der Waals surface area contributed by atoms with E-state index in [1.54, 1.807) is 19.9 Å². The zero-order valence-electron chi connectivity index (χ0n) is 13.9. The van der Waals surface area contributed by atoms with E-state index in [0.29, 0.717) is 15.0 Å². The van der Waals surface area contributed by atoms with Gasteiger partial charge >= 0.3 is 0 Å². The molecule has 0 aliphatic carbocycles. The molecule has 0 saturated heterocycles. The van der Waals surface area contributed by atoms with Crippen molar-refractivity contribution in [2.75, 3.05) is 5.32 Å². The first-order chi connectivity index (χ1) is 12.3. The van der Waals surface area contributed by atoms with Gasteiger partial charge in [0.05, 0.1) is 25.1 Å². The predicted octanol–water partition coefficient (Wildman–Crippen LogP) is 4.96. The minimum Gasteiger partial charge on any atom is -0.298 e. The summed E-state index contributed by atoms with van der Waals surface area (Å²) in [7, 11) is -3.36. The minimum absolute atomic E-state index is 0.204. The van der Waals surface area contributed by atoms with Crippen LogP contribution in [0.15, 0.2) is 46.7 Å². The van der Waals surface area contributed by atoms with Crippen molar-refractivity contribution in [3.05, 3.63) is 51.7 Å². The Labute approximate surface area is 164 Å². The second-order valence-electron chi connectivity index (χ2n) is 5.71. The second kappa shape index (κ2) is 7.48. The highest BCUT2D eigenvalue weighted by molar-refractivity contribution is 7.92. The van der Waals surface area contributed by atoms with Gasteiger partial charge in [-0.2, -0.15) is 0 Å². The van der Waals surface area contributed by atoms with Crippen molar-refractivity contribution in [1.82, 2.24) is 4.98 Å². The average molecular weight is 427 g/mol. The summed E-state index contributed by atoms with van der Waals surface area (Å²) in [5.74, 6) is -0.344. The molecular weight excluding hydrogens is 412 g/mol. The summed E-state index contributed by atoms with van der Waals surface area (Å²) in [5, 5.41) is 4.52. The average Bonchev–Trinajstić information content (AvgIpc) is 3.23. The largest absolute Gasteiger partial charge is 0.298 e. The SMILES string of the molecule is CC(C)S(=O)(=O)c1ccc(C(=O)Nc2nc(-c3ccc(Cl)s3)cs2)cc1. The van der Waals surface area contributed by atoms with Crippen molar-refractivity contribution in [1.29, 1.82) is 0 Å². The lowest BCUT2D eigenvalue weighted by molar-refractivity contribution is 0.102. The lowest BCUT2D eigenvalue weighted by atomic mass is 10.2. The maximum Gasteiger partial charge on any atom is 0.257 e. The highest BCUT2D eigenvalue weighted by atomic mass is 35.5. The highest BCUT2D eigenvalue weighted by Gasteiger charge is 2.19. The summed E-state index contributed by atoms with van der Waals surface area (Å²) < 4.78 is 24.9. The number of hydrogen-bond donors (Lipinski definition) is 1. The zero-order chi connectivity index (χ0) is 18.9. The van der Waals surface area contributed by atoms with Crippen molar-refractivity contribution >= 4 is 55.2 Å². The number of nitrogens with zero attached hydrogens (tertiary/aromatic N) is 1. The van der Waals surface area contributed by atoms with Crippen molar-refractivity contribution in [2.24, 2.45) is 0 Å². The Bertz CT molecular complexity index is 1040. The summed E-state index contributed by atoms with van der Waals surface area (Å²) in [4.78, 5) is 17.9. The maximum absolute atomic E-state index is 12.3. The molecular formula is C17H15ClN2O3S3. The Balaban J connectivity index is 1.74. The molecule has 0 atom stereocenters. The Kier molecular flexibility index (Phi) is 5.47. The molecule has 2 heterocycles. The number of nitrogens with one attached hydrogen (secondary N) is 1. The van der Waals surface area contributed by atoms with Gasteiger partial charge in [-0.25, -0.2) is 13.4 Å². The summed E-state index contributed by atoms with van der Waals surface area (Å²) in [6.07, 6.45) is 0. The molecule has 1 aromatic carbocycles. The number of amides is 1. The molecule has 136 valence electrons. The molecule has 1 amide bonds. The number of rotatable bonds is 5. The van der Waals surface area contributed by atoms with Gasteiger partial charge in [0.1, 0.15) is 0 Å². The first-order valence-electron chi connectivity index (χ1n) is 7.64. The van der Waals surface area contributed by atoms with Crippen LogP contribution in [0, 0.1) is 0 Å². The molecule has 26 heavy (non-hydrogen) atoms. The van der Waals surface area contributed by atoms with E-state index in [0.717, 1.165) is 10.6 Å². The number of benzene rings is 1. The zero-order valence-corrected chi connectivity index (χ0v) is 17.1. The van der Waals surface area contributed by atoms with Gasteiger partial charge in [-0.15, -0.1) is 22.7 Å². The van der Waals surface area contributed by atoms with E-state index in [4.69, 9.17) is 11.6 Å². The number of anilines is 1. The van der Waals surface area contributed by atoms with E-state index >= 15 is 0 Å². The number of halogens is 1. The number of sulfone groups is 1. The van der Waals surface area contributed by atoms with Crippen molar-refractivity contribution in [3.63, 3.8) is 0 Å². The minimum atomic E-state index is -3.36. The van der Waals surface area contributed by atoms with Crippen LogP contribution < -0.4 is 5.32 Å². The molecule has 0 saturated carbocycles. The molecule has 9 heteroatoms. The Morgan fingerprint density at radius 3 is 2.42 bits per heavy atom. The molecule has 0 unspecified atom stereocenters. The molecule has 3 aromatic rings. The van der Waals surface area contributed by atoms with Crippen LogP contribution in [0.3, 0.4) is 0 Å². The van der Waals surface area contributed by atoms with Gasteiger partial charge in [-0.1, -0.05) is 11.6 Å². The van der Waals surface area contributed by atoms with E-state index in [9.17, 15) is 13.2 Å². The third-order valence-corrected chi connectivity index (χ3v) is 7.80. The van der Waals surface area contributed by atoms with E-state index < -0.39 is 15.1 Å². The van der Waals surface area contributed by atoms with Crippen molar-refractivity contribution < 1.29 is 13.2 Å². The molecule has 0 aliphatic rings. The summed E-state index contributed by atoms with van der Waals surface area (Å²) in [6, 6.07) is 9.57. The van der Waals surface area contributed by atoms with Gasteiger partial charge in [0.15, 0.2) is 15.0 Å². The maximum atomic E-state index is 12.3. The van der Waals surface area contributed by atoms with Gasteiger partial charge in [0.25, 0.3) is 5.91 Å². The fourth-order valence-corrected chi connectivity index (χ4v) is 4.98. The molecule has 1 N–H and O–H groups in total. The van der Waals surface area contributed by atoms with E-state index in [1.165, 1.54) is 46.9 Å². The Morgan fingerprint density at radius 1 is 1.15 bits per heavy atom. The van der Waals surface area contributed by atoms with Gasteiger partial charge in [0, 0.05) is 10.9 Å². The lowest BCUT2D eigenvalue weighted by Gasteiger charge is -2.08. The van der Waals surface area contributed by atoms with Crippen LogP contribution in [-0.2, 0) is 9.84 Å². The first kappa shape index (κ1) is 19.0. The Hall–Kier alpha value is -1.74. The van der Waals surface area contributed by atoms with Gasteiger partial charge in [-0.3, -0.25) is 10.1 Å². The molecule has 5 nitrogen and oxygen atoms in total. The topological polar surface area (TPSA) is 76.1 Å². The predicted molar refractivity (Wildman–Crippen MR) is 107 cm³/mol. The number of carbonyl (C=O) groups excluding carboxylic acids is 1. The standard InChI is InChI=1S/C17H15ClN2O3S3/c1-10(2)26(22,23)12-5-3-11(4-6-12)16(21)20-17-19-13(9-24-17)14-7-8-15(18)25-14/h3-10H,1-2H3,(H,19,20,21). The van der Waals surface area contributed by atoms with Crippen LogP contribution in [0.25, 0.3) is 10.6 Å². The van der Waals surface area contributed by atoms with Gasteiger partial charge < -0.3 is 0 Å².